The molecule has 0 bridgehead atoms. The zero-order valence-corrected chi connectivity index (χ0v) is 9.06. The van der Waals surface area contributed by atoms with Crippen LogP contribution in [-0.2, 0) is 0 Å². The highest BCUT2D eigenvalue weighted by molar-refractivity contribution is 9.10. The van der Waals surface area contributed by atoms with Crippen molar-refractivity contribution in [2.45, 2.75) is 6.92 Å². The molecule has 2 aromatic heterocycles. The first kappa shape index (κ1) is 9.21. The van der Waals surface area contributed by atoms with Crippen LogP contribution in [0, 0.1) is 6.92 Å². The van der Waals surface area contributed by atoms with Crippen molar-refractivity contribution in [2.75, 3.05) is 0 Å². The predicted octanol–water partition coefficient (Wildman–Crippen LogP) is 2.00. The molecule has 0 radical (unpaired) electrons. The van der Waals surface area contributed by atoms with E-state index in [0.29, 0.717) is 5.82 Å². The standard InChI is InChI=1S/C9H7BrN4/c1-6-11-2-7(3-12-6)9-13-4-8(10)5-14-9/h2-5H,1H3. The molecule has 0 saturated heterocycles. The van der Waals surface area contributed by atoms with Crippen molar-refractivity contribution in [1.29, 1.82) is 0 Å². The molecular formula is C9H7BrN4. The lowest BCUT2D eigenvalue weighted by molar-refractivity contribution is 1.04. The molecule has 0 spiro atoms. The van der Waals surface area contributed by atoms with Crippen molar-refractivity contribution in [1.82, 2.24) is 19.9 Å². The molecule has 4 nitrogen and oxygen atoms in total. The minimum absolute atomic E-state index is 0.633. The average Bonchev–Trinajstić information content (AvgIpc) is 2.21. The number of halogens is 1. The third kappa shape index (κ3) is 1.93. The van der Waals surface area contributed by atoms with E-state index in [9.17, 15) is 0 Å². The van der Waals surface area contributed by atoms with Crippen LogP contribution in [-0.4, -0.2) is 19.9 Å². The molecule has 0 fully saturated rings. The first-order chi connectivity index (χ1) is 6.75. The average molecular weight is 251 g/mol. The molecule has 2 heterocycles. The van der Waals surface area contributed by atoms with Crippen LogP contribution in [0.3, 0.4) is 0 Å². The van der Waals surface area contributed by atoms with Crippen LogP contribution in [0.4, 0.5) is 0 Å². The molecule has 0 aromatic carbocycles. The molecular weight excluding hydrogens is 244 g/mol. The minimum Gasteiger partial charge on any atom is -0.241 e. The van der Waals surface area contributed by atoms with E-state index in [0.717, 1.165) is 15.9 Å². The zero-order valence-electron chi connectivity index (χ0n) is 7.48. The summed E-state index contributed by atoms with van der Waals surface area (Å²) < 4.78 is 0.856. The fourth-order valence-corrected chi connectivity index (χ4v) is 1.17. The normalized spacial score (nSPS) is 10.1. The van der Waals surface area contributed by atoms with E-state index in [1.54, 1.807) is 24.8 Å². The molecule has 0 unspecified atom stereocenters. The lowest BCUT2D eigenvalue weighted by Crippen LogP contribution is -1.91. The fourth-order valence-electron chi connectivity index (χ4n) is 0.969. The number of nitrogens with zero attached hydrogens (tertiary/aromatic N) is 4. The van der Waals surface area contributed by atoms with Crippen LogP contribution in [0.2, 0.25) is 0 Å². The molecule has 0 N–H and O–H groups in total. The molecule has 0 amide bonds. The summed E-state index contributed by atoms with van der Waals surface area (Å²) in [5, 5.41) is 0. The predicted molar refractivity (Wildman–Crippen MR) is 55.5 cm³/mol. The number of aromatic nitrogens is 4. The number of rotatable bonds is 1. The van der Waals surface area contributed by atoms with Crippen LogP contribution in [0.5, 0.6) is 0 Å². The summed E-state index contributed by atoms with van der Waals surface area (Å²) in [4.78, 5) is 16.4. The first-order valence-corrected chi connectivity index (χ1v) is 4.81. The maximum Gasteiger partial charge on any atom is 0.162 e. The van der Waals surface area contributed by atoms with E-state index in [-0.39, 0.29) is 0 Å². The molecule has 0 atom stereocenters. The molecule has 2 aromatic rings. The van der Waals surface area contributed by atoms with Gasteiger partial charge in [-0.3, -0.25) is 0 Å². The maximum atomic E-state index is 4.14. The van der Waals surface area contributed by atoms with Crippen LogP contribution >= 0.6 is 15.9 Å². The van der Waals surface area contributed by atoms with E-state index >= 15 is 0 Å². The summed E-state index contributed by atoms with van der Waals surface area (Å²) in [5.41, 5.74) is 0.822. The SMILES string of the molecule is Cc1ncc(-c2ncc(Br)cn2)cn1. The van der Waals surface area contributed by atoms with Gasteiger partial charge in [0.1, 0.15) is 5.82 Å². The van der Waals surface area contributed by atoms with E-state index in [4.69, 9.17) is 0 Å². The Hall–Kier alpha value is -1.36. The second-order valence-electron chi connectivity index (χ2n) is 2.74. The van der Waals surface area contributed by atoms with Gasteiger partial charge < -0.3 is 0 Å². The summed E-state index contributed by atoms with van der Waals surface area (Å²) >= 11 is 3.27. The van der Waals surface area contributed by atoms with Crippen molar-refractivity contribution in [3.63, 3.8) is 0 Å². The lowest BCUT2D eigenvalue weighted by Gasteiger charge is -1.98. The third-order valence-electron chi connectivity index (χ3n) is 1.66. The molecule has 5 heteroatoms. The number of aryl methyl sites for hydroxylation is 1. The van der Waals surface area contributed by atoms with E-state index < -0.39 is 0 Å². The first-order valence-electron chi connectivity index (χ1n) is 4.02. The summed E-state index contributed by atoms with van der Waals surface area (Å²) in [6.45, 7) is 1.84. The Labute approximate surface area is 89.6 Å². The van der Waals surface area contributed by atoms with Gasteiger partial charge in [-0.05, 0) is 22.9 Å². The van der Waals surface area contributed by atoms with Crippen molar-refractivity contribution in [3.8, 4) is 11.4 Å². The Kier molecular flexibility index (Phi) is 2.49. The van der Waals surface area contributed by atoms with Gasteiger partial charge in [0.2, 0.25) is 0 Å². The largest absolute Gasteiger partial charge is 0.241 e. The summed E-state index contributed by atoms with van der Waals surface area (Å²) in [7, 11) is 0. The molecule has 0 aliphatic carbocycles. The van der Waals surface area contributed by atoms with Crippen molar-refractivity contribution >= 4 is 15.9 Å². The number of hydrogen-bond donors (Lipinski definition) is 0. The lowest BCUT2D eigenvalue weighted by atomic mass is 10.3. The van der Waals surface area contributed by atoms with E-state index in [2.05, 4.69) is 35.9 Å². The summed E-state index contributed by atoms with van der Waals surface area (Å²) in [6, 6.07) is 0. The Morgan fingerprint density at radius 3 is 2.07 bits per heavy atom. The van der Waals surface area contributed by atoms with Gasteiger partial charge in [-0.15, -0.1) is 0 Å². The van der Waals surface area contributed by atoms with Gasteiger partial charge in [-0.25, -0.2) is 19.9 Å². The second-order valence-corrected chi connectivity index (χ2v) is 3.66. The van der Waals surface area contributed by atoms with Gasteiger partial charge >= 0.3 is 0 Å². The Bertz CT molecular complexity index is 380. The molecule has 0 saturated carbocycles. The van der Waals surface area contributed by atoms with Crippen molar-refractivity contribution in [3.05, 3.63) is 35.1 Å². The monoisotopic (exact) mass is 250 g/mol. The van der Waals surface area contributed by atoms with E-state index in [1.165, 1.54) is 0 Å². The molecule has 14 heavy (non-hydrogen) atoms. The third-order valence-corrected chi connectivity index (χ3v) is 2.07. The summed E-state index contributed by atoms with van der Waals surface area (Å²) in [6.07, 6.45) is 6.82. The fraction of sp³-hybridized carbons (Fsp3) is 0.111. The molecule has 0 aliphatic rings. The second kappa shape index (κ2) is 3.79. The topological polar surface area (TPSA) is 51.6 Å². The quantitative estimate of drug-likeness (QED) is 0.777. The van der Waals surface area contributed by atoms with Gasteiger partial charge in [-0.2, -0.15) is 0 Å². The Morgan fingerprint density at radius 1 is 0.929 bits per heavy atom. The molecule has 70 valence electrons. The summed E-state index contributed by atoms with van der Waals surface area (Å²) in [5.74, 6) is 1.37. The van der Waals surface area contributed by atoms with Gasteiger partial charge in [0.15, 0.2) is 5.82 Å². The van der Waals surface area contributed by atoms with Gasteiger partial charge in [0.05, 0.1) is 10.0 Å². The van der Waals surface area contributed by atoms with Gasteiger partial charge in [-0.1, -0.05) is 0 Å². The molecule has 0 aliphatic heterocycles. The van der Waals surface area contributed by atoms with Gasteiger partial charge in [0.25, 0.3) is 0 Å². The smallest absolute Gasteiger partial charge is 0.162 e. The Morgan fingerprint density at radius 2 is 1.50 bits per heavy atom. The van der Waals surface area contributed by atoms with Crippen molar-refractivity contribution in [2.24, 2.45) is 0 Å². The van der Waals surface area contributed by atoms with Crippen LogP contribution in [0.25, 0.3) is 11.4 Å². The highest BCUT2D eigenvalue weighted by Gasteiger charge is 2.00. The Balaban J connectivity index is 2.40. The highest BCUT2D eigenvalue weighted by atomic mass is 79.9. The zero-order chi connectivity index (χ0) is 9.97. The van der Waals surface area contributed by atoms with Crippen LogP contribution in [0.15, 0.2) is 29.3 Å². The maximum absolute atomic E-state index is 4.14. The van der Waals surface area contributed by atoms with E-state index in [1.807, 2.05) is 6.92 Å². The molecule has 2 rings (SSSR count). The highest BCUT2D eigenvalue weighted by Crippen LogP contribution is 2.13. The minimum atomic E-state index is 0.633. The van der Waals surface area contributed by atoms with Crippen molar-refractivity contribution < 1.29 is 0 Å². The number of hydrogen-bond acceptors (Lipinski definition) is 4. The van der Waals surface area contributed by atoms with Gasteiger partial charge in [0, 0.05) is 24.8 Å². The van der Waals surface area contributed by atoms with Crippen LogP contribution in [0.1, 0.15) is 5.82 Å². The van der Waals surface area contributed by atoms with Crippen LogP contribution < -0.4 is 0 Å².